The molecule has 1 heterocycles. The molecule has 0 aromatic heterocycles. The van der Waals surface area contributed by atoms with Crippen molar-refractivity contribution in [3.05, 3.63) is 12.5 Å². The van der Waals surface area contributed by atoms with Gasteiger partial charge in [0.2, 0.25) is 0 Å². The smallest absolute Gasteiger partial charge is 0.271 e. The van der Waals surface area contributed by atoms with Gasteiger partial charge in [-0.25, -0.2) is 0 Å². The van der Waals surface area contributed by atoms with Crippen LogP contribution in [-0.4, -0.2) is 13.2 Å². The molecule has 2 heteroatoms. The summed E-state index contributed by atoms with van der Waals surface area (Å²) in [6.07, 6.45) is 6.93. The van der Waals surface area contributed by atoms with E-state index in [-0.39, 0.29) is 0 Å². The van der Waals surface area contributed by atoms with E-state index in [9.17, 15) is 0 Å². The Morgan fingerprint density at radius 1 is 0.923 bits per heavy atom. The van der Waals surface area contributed by atoms with Gasteiger partial charge in [0, 0.05) is 5.92 Å². The minimum atomic E-state index is 0.507. The third-order valence-corrected chi connectivity index (χ3v) is 3.23. The van der Waals surface area contributed by atoms with E-state index >= 15 is 0 Å². The summed E-state index contributed by atoms with van der Waals surface area (Å²) in [4.78, 5) is 0. The van der Waals surface area contributed by atoms with Crippen LogP contribution >= 0.6 is 0 Å². The first-order valence-corrected chi connectivity index (χ1v) is 5.31. The monoisotopic (exact) mass is 182 g/mol. The molecule has 2 fully saturated rings. The van der Waals surface area contributed by atoms with Crippen LogP contribution in [0.4, 0.5) is 0 Å². The molecule has 0 amide bonds. The van der Waals surface area contributed by atoms with Gasteiger partial charge < -0.3 is 9.47 Å². The molecule has 1 aliphatic carbocycles. The van der Waals surface area contributed by atoms with Crippen LogP contribution in [0.5, 0.6) is 0 Å². The van der Waals surface area contributed by atoms with E-state index in [4.69, 9.17) is 9.47 Å². The number of hydrogen-bond donors (Lipinski definition) is 0. The molecule has 2 aliphatic rings. The molecule has 0 aromatic carbocycles. The summed E-state index contributed by atoms with van der Waals surface area (Å²) in [5.74, 6) is 1.96. The largest absolute Gasteiger partial charge is 0.465 e. The van der Waals surface area contributed by atoms with E-state index in [1.807, 2.05) is 0 Å². The highest BCUT2D eigenvalue weighted by Gasteiger charge is 2.27. The fourth-order valence-electron chi connectivity index (χ4n) is 2.37. The van der Waals surface area contributed by atoms with Crippen molar-refractivity contribution in [1.29, 1.82) is 0 Å². The van der Waals surface area contributed by atoms with E-state index in [0.29, 0.717) is 11.9 Å². The molecular formula is C11H18O2. The Balaban J connectivity index is 1.82. The van der Waals surface area contributed by atoms with Crippen LogP contribution in [0.2, 0.25) is 0 Å². The van der Waals surface area contributed by atoms with Crippen molar-refractivity contribution in [1.82, 2.24) is 0 Å². The summed E-state index contributed by atoms with van der Waals surface area (Å²) >= 11 is 0. The molecule has 1 aliphatic heterocycles. The van der Waals surface area contributed by atoms with Gasteiger partial charge in [0.15, 0.2) is 0 Å². The lowest BCUT2D eigenvalue weighted by Crippen LogP contribution is -2.30. The summed E-state index contributed by atoms with van der Waals surface area (Å²) in [5.41, 5.74) is 0. The average Bonchev–Trinajstić information content (AvgIpc) is 2.20. The third kappa shape index (κ3) is 2.17. The van der Waals surface area contributed by atoms with Gasteiger partial charge in [-0.2, -0.15) is 0 Å². The highest BCUT2D eigenvalue weighted by atomic mass is 16.7. The van der Waals surface area contributed by atoms with Crippen LogP contribution in [-0.2, 0) is 9.47 Å². The zero-order valence-corrected chi connectivity index (χ0v) is 8.13. The molecule has 1 saturated heterocycles. The van der Waals surface area contributed by atoms with Gasteiger partial charge >= 0.3 is 0 Å². The lowest BCUT2D eigenvalue weighted by Gasteiger charge is -2.33. The van der Waals surface area contributed by atoms with Crippen molar-refractivity contribution in [3.8, 4) is 0 Å². The molecule has 0 atom stereocenters. The van der Waals surface area contributed by atoms with E-state index < -0.39 is 0 Å². The maximum Gasteiger partial charge on any atom is 0.271 e. The maximum atomic E-state index is 5.33. The van der Waals surface area contributed by atoms with Gasteiger partial charge in [-0.3, -0.25) is 0 Å². The molecule has 0 aromatic rings. The summed E-state index contributed by atoms with van der Waals surface area (Å²) < 4.78 is 10.7. The summed E-state index contributed by atoms with van der Waals surface area (Å²) in [6, 6.07) is 0. The van der Waals surface area contributed by atoms with Crippen LogP contribution in [0.1, 0.15) is 32.1 Å². The van der Waals surface area contributed by atoms with Crippen LogP contribution in [0.25, 0.3) is 0 Å². The van der Waals surface area contributed by atoms with Crippen molar-refractivity contribution < 1.29 is 9.47 Å². The second-order valence-corrected chi connectivity index (χ2v) is 4.15. The van der Waals surface area contributed by atoms with E-state index in [1.165, 1.54) is 32.1 Å². The molecule has 0 bridgehead atoms. The molecule has 0 spiro atoms. The van der Waals surface area contributed by atoms with Crippen LogP contribution in [0.15, 0.2) is 12.5 Å². The lowest BCUT2D eigenvalue weighted by molar-refractivity contribution is -0.0697. The molecule has 0 radical (unpaired) electrons. The third-order valence-electron chi connectivity index (χ3n) is 3.23. The number of hydrogen-bond acceptors (Lipinski definition) is 2. The minimum absolute atomic E-state index is 0.507. The highest BCUT2D eigenvalue weighted by Crippen LogP contribution is 2.32. The average molecular weight is 182 g/mol. The van der Waals surface area contributed by atoms with Crippen molar-refractivity contribution in [2.75, 3.05) is 13.2 Å². The van der Waals surface area contributed by atoms with Gasteiger partial charge in [-0.15, -0.1) is 0 Å². The van der Waals surface area contributed by atoms with Crippen molar-refractivity contribution in [2.24, 2.45) is 11.8 Å². The Hall–Kier alpha value is -0.660. The van der Waals surface area contributed by atoms with Crippen molar-refractivity contribution in [2.45, 2.75) is 32.1 Å². The van der Waals surface area contributed by atoms with E-state index in [0.717, 1.165) is 19.1 Å². The molecule has 2 rings (SSSR count). The SMILES string of the molecule is C=C1OCC(C2CCCCC2)CO1. The van der Waals surface area contributed by atoms with Gasteiger partial charge in [0.1, 0.15) is 0 Å². The zero-order valence-electron chi connectivity index (χ0n) is 8.13. The van der Waals surface area contributed by atoms with E-state index in [1.54, 1.807) is 0 Å². The molecule has 2 nitrogen and oxygen atoms in total. The molecule has 0 unspecified atom stereocenters. The van der Waals surface area contributed by atoms with Crippen LogP contribution in [0.3, 0.4) is 0 Å². The molecule has 13 heavy (non-hydrogen) atoms. The summed E-state index contributed by atoms with van der Waals surface area (Å²) in [7, 11) is 0. The summed E-state index contributed by atoms with van der Waals surface area (Å²) in [5, 5.41) is 0. The Labute approximate surface area is 79.9 Å². The molecular weight excluding hydrogens is 164 g/mol. The fourth-order valence-corrected chi connectivity index (χ4v) is 2.37. The van der Waals surface area contributed by atoms with Gasteiger partial charge in [-0.1, -0.05) is 19.3 Å². The molecule has 1 saturated carbocycles. The van der Waals surface area contributed by atoms with Gasteiger partial charge in [-0.05, 0) is 25.3 Å². The molecule has 0 N–H and O–H groups in total. The van der Waals surface area contributed by atoms with Crippen molar-refractivity contribution >= 4 is 0 Å². The molecule has 74 valence electrons. The van der Waals surface area contributed by atoms with Gasteiger partial charge in [0.05, 0.1) is 13.2 Å². The lowest BCUT2D eigenvalue weighted by atomic mass is 9.80. The Morgan fingerprint density at radius 2 is 1.54 bits per heavy atom. The first kappa shape index (κ1) is 8.92. The second kappa shape index (κ2) is 4.03. The first-order chi connectivity index (χ1) is 6.36. The predicted octanol–water partition coefficient (Wildman–Crippen LogP) is 2.70. The topological polar surface area (TPSA) is 18.5 Å². The predicted molar refractivity (Wildman–Crippen MR) is 51.1 cm³/mol. The Morgan fingerprint density at radius 3 is 2.15 bits per heavy atom. The van der Waals surface area contributed by atoms with E-state index in [2.05, 4.69) is 6.58 Å². The highest BCUT2D eigenvalue weighted by molar-refractivity contribution is 4.81. The minimum Gasteiger partial charge on any atom is -0.465 e. The first-order valence-electron chi connectivity index (χ1n) is 5.31. The second-order valence-electron chi connectivity index (χ2n) is 4.15. The normalized spacial score (nSPS) is 26.6. The maximum absolute atomic E-state index is 5.33. The fraction of sp³-hybridized carbons (Fsp3) is 0.818. The Bertz CT molecular complexity index is 173. The number of ether oxygens (including phenoxy) is 2. The van der Waals surface area contributed by atoms with Crippen LogP contribution in [0, 0.1) is 11.8 Å². The quantitative estimate of drug-likeness (QED) is 0.620. The summed E-state index contributed by atoms with van der Waals surface area (Å²) in [6.45, 7) is 5.30. The van der Waals surface area contributed by atoms with Crippen molar-refractivity contribution in [3.63, 3.8) is 0 Å². The number of rotatable bonds is 1. The Kier molecular flexibility index (Phi) is 2.77. The zero-order chi connectivity index (χ0) is 9.10. The standard InChI is InChI=1S/C11H18O2/c1-9-12-7-11(8-13-9)10-5-3-2-4-6-10/h10-11H,1-8H2. The van der Waals surface area contributed by atoms with Crippen LogP contribution < -0.4 is 0 Å². The van der Waals surface area contributed by atoms with Gasteiger partial charge in [0.25, 0.3) is 5.95 Å².